The predicted octanol–water partition coefficient (Wildman–Crippen LogP) is 1.46. The molecule has 4 heteroatoms. The van der Waals surface area contributed by atoms with Crippen molar-refractivity contribution in [2.75, 3.05) is 7.04 Å². The fraction of sp³-hybridized carbons (Fsp3) is 0.273. The van der Waals surface area contributed by atoms with Crippen LogP contribution in [-0.2, 0) is 19.1 Å². The van der Waals surface area contributed by atoms with E-state index in [0.29, 0.717) is 0 Å². The summed E-state index contributed by atoms with van der Waals surface area (Å²) in [5.74, 6) is -3.00. The molecule has 0 spiro atoms. The lowest BCUT2D eigenvalue weighted by Gasteiger charge is -2.14. The minimum absolute atomic E-state index is 0.101. The highest BCUT2D eigenvalue weighted by atomic mass is 16.6. The van der Waals surface area contributed by atoms with Crippen molar-refractivity contribution in [2.24, 2.45) is 0 Å². The van der Waals surface area contributed by atoms with Crippen molar-refractivity contribution in [1.29, 1.82) is 0 Å². The highest BCUT2D eigenvalue weighted by Gasteiger charge is 2.23. The van der Waals surface area contributed by atoms with Crippen LogP contribution in [0, 0.1) is 0 Å². The Kier molecular flexibility index (Phi) is 1.82. The summed E-state index contributed by atoms with van der Waals surface area (Å²) in [6.07, 6.45) is -1.76. The average molecular weight is 214 g/mol. The van der Waals surface area contributed by atoms with Gasteiger partial charge in [-0.15, -0.1) is 0 Å². The summed E-state index contributed by atoms with van der Waals surface area (Å²) in [4.78, 5) is 23.2. The van der Waals surface area contributed by atoms with E-state index in [4.69, 9.17) is 8.22 Å². The topological polar surface area (TPSA) is 52.6 Å². The smallest absolute Gasteiger partial charge is 0.351 e. The van der Waals surface area contributed by atoms with Crippen molar-refractivity contribution in [1.82, 2.24) is 0 Å². The molecule has 80 valence electrons. The lowest BCUT2D eigenvalue weighted by Crippen LogP contribution is -2.19. The summed E-state index contributed by atoms with van der Waals surface area (Å²) in [6, 6.07) is 7.37. The Labute approximate surface area is 96.2 Å². The summed E-state index contributed by atoms with van der Waals surface area (Å²) >= 11 is 0. The third-order valence-corrected chi connectivity index (χ3v) is 1.64. The number of ether oxygens (including phenoxy) is 2. The first-order valence-electron chi connectivity index (χ1n) is 6.99. The second kappa shape index (κ2) is 5.14. The Morgan fingerprint density at radius 2 is 2.07 bits per heavy atom. The van der Waals surface area contributed by atoms with Gasteiger partial charge in [-0.25, -0.2) is 4.79 Å². The summed E-state index contributed by atoms with van der Waals surface area (Å²) in [7, 11) is -3.03. The van der Waals surface area contributed by atoms with E-state index in [1.807, 2.05) is 0 Å². The predicted molar refractivity (Wildman–Crippen MR) is 53.0 cm³/mol. The van der Waals surface area contributed by atoms with Gasteiger partial charge in [-0.05, 0) is 0 Å². The molecule has 0 bridgehead atoms. The fourth-order valence-electron chi connectivity index (χ4n) is 1.04. The van der Waals surface area contributed by atoms with Gasteiger partial charge in [-0.3, -0.25) is 4.79 Å². The highest BCUT2D eigenvalue weighted by Crippen LogP contribution is 2.18. The number of hydrogen-bond donors (Lipinski definition) is 0. The van der Waals surface area contributed by atoms with Crippen LogP contribution in [0.15, 0.2) is 30.3 Å². The van der Waals surface area contributed by atoms with E-state index >= 15 is 0 Å². The first-order chi connectivity index (χ1) is 9.50. The fourth-order valence-corrected chi connectivity index (χ4v) is 1.04. The maximum absolute atomic E-state index is 11.8. The molecule has 1 aromatic rings. The normalized spacial score (nSPS) is 19.2. The van der Waals surface area contributed by atoms with Gasteiger partial charge in [-0.1, -0.05) is 30.3 Å². The van der Waals surface area contributed by atoms with Gasteiger partial charge in [0.25, 0.3) is 0 Å². The standard InChI is InChI=1S/C11H12O4/c1-8(12)15-10(11(13)14-2)9-6-4-3-5-7-9/h3-7,10H,1-2H3/t10-/m0/s1/i1D3,2D3. The lowest BCUT2D eigenvalue weighted by atomic mass is 10.1. The highest BCUT2D eigenvalue weighted by molar-refractivity contribution is 5.79. The molecule has 0 N–H and O–H groups in total. The van der Waals surface area contributed by atoms with Crippen molar-refractivity contribution < 1.29 is 27.3 Å². The molecule has 0 saturated heterocycles. The molecule has 0 amide bonds. The minimum Gasteiger partial charge on any atom is -0.466 e. The first-order valence-corrected chi connectivity index (χ1v) is 3.99. The second-order valence-electron chi connectivity index (χ2n) is 2.62. The van der Waals surface area contributed by atoms with Gasteiger partial charge in [0.15, 0.2) is 0 Å². The van der Waals surface area contributed by atoms with Crippen LogP contribution >= 0.6 is 0 Å². The van der Waals surface area contributed by atoms with E-state index in [2.05, 4.69) is 9.47 Å². The Morgan fingerprint density at radius 3 is 2.67 bits per heavy atom. The summed E-state index contributed by atoms with van der Waals surface area (Å²) < 4.78 is 50.1. The van der Waals surface area contributed by atoms with Gasteiger partial charge in [0, 0.05) is 16.5 Å². The van der Waals surface area contributed by atoms with Crippen molar-refractivity contribution in [3.8, 4) is 0 Å². The average Bonchev–Trinajstić information content (AvgIpc) is 2.33. The third-order valence-electron chi connectivity index (χ3n) is 1.64. The van der Waals surface area contributed by atoms with Gasteiger partial charge in [0.2, 0.25) is 6.10 Å². The van der Waals surface area contributed by atoms with Crippen LogP contribution in [-0.4, -0.2) is 19.0 Å². The largest absolute Gasteiger partial charge is 0.466 e. The molecule has 0 aromatic heterocycles. The zero-order valence-corrected chi connectivity index (χ0v) is 7.60. The molecule has 1 atom stereocenters. The Bertz CT molecular complexity index is 508. The number of carbonyl (C=O) groups excluding carboxylic acids is 2. The Morgan fingerprint density at radius 1 is 1.33 bits per heavy atom. The minimum atomic E-state index is -3.08. The summed E-state index contributed by atoms with van der Waals surface area (Å²) in [6.45, 7) is -3.08. The van der Waals surface area contributed by atoms with Gasteiger partial charge in [0.1, 0.15) is 0 Å². The molecule has 1 rings (SSSR count). The zero-order valence-electron chi connectivity index (χ0n) is 13.6. The van der Waals surface area contributed by atoms with E-state index in [0.717, 1.165) is 0 Å². The van der Waals surface area contributed by atoms with Crippen LogP contribution in [0.2, 0.25) is 0 Å². The van der Waals surface area contributed by atoms with Crippen LogP contribution in [0.5, 0.6) is 0 Å². The molecule has 0 aliphatic rings. The van der Waals surface area contributed by atoms with Crippen molar-refractivity contribution in [2.45, 2.75) is 13.0 Å². The molecule has 0 aliphatic carbocycles. The van der Waals surface area contributed by atoms with E-state index < -0.39 is 31.9 Å². The van der Waals surface area contributed by atoms with Gasteiger partial charge in [-0.2, -0.15) is 0 Å². The first kappa shape index (κ1) is 5.30. The van der Waals surface area contributed by atoms with Crippen LogP contribution in [0.4, 0.5) is 0 Å². The van der Waals surface area contributed by atoms with E-state index in [-0.39, 0.29) is 5.56 Å². The van der Waals surface area contributed by atoms with Crippen LogP contribution < -0.4 is 0 Å². The number of methoxy groups -OCH3 is 1. The molecule has 1 aromatic carbocycles. The van der Waals surface area contributed by atoms with Gasteiger partial charge >= 0.3 is 11.9 Å². The van der Waals surface area contributed by atoms with Crippen molar-refractivity contribution in [3.05, 3.63) is 35.9 Å². The third kappa shape index (κ3) is 3.09. The number of esters is 2. The van der Waals surface area contributed by atoms with Crippen LogP contribution in [0.3, 0.4) is 0 Å². The molecule has 4 nitrogen and oxygen atoms in total. The van der Waals surface area contributed by atoms with Crippen molar-refractivity contribution in [3.63, 3.8) is 0 Å². The van der Waals surface area contributed by atoms with E-state index in [9.17, 15) is 9.59 Å². The van der Waals surface area contributed by atoms with E-state index in [1.54, 1.807) is 6.07 Å². The number of benzene rings is 1. The monoisotopic (exact) mass is 214 g/mol. The number of rotatable bonds is 3. The van der Waals surface area contributed by atoms with Gasteiger partial charge in [0.05, 0.1) is 11.2 Å². The van der Waals surface area contributed by atoms with Crippen molar-refractivity contribution >= 4 is 11.9 Å². The molecule has 0 unspecified atom stereocenters. The summed E-state index contributed by atoms with van der Waals surface area (Å²) in [5.41, 5.74) is 0.101. The zero-order chi connectivity index (χ0) is 16.3. The molecule has 0 heterocycles. The molecule has 0 aliphatic heterocycles. The Hall–Kier alpha value is -1.84. The lowest BCUT2D eigenvalue weighted by molar-refractivity contribution is -0.165. The second-order valence-corrected chi connectivity index (χ2v) is 2.62. The maximum Gasteiger partial charge on any atom is 0.351 e. The molecular weight excluding hydrogens is 196 g/mol. The molecule has 0 fully saturated rings. The van der Waals surface area contributed by atoms with E-state index in [1.165, 1.54) is 24.3 Å². The molecule has 0 radical (unpaired) electrons. The molecule has 0 saturated carbocycles. The van der Waals surface area contributed by atoms with Crippen LogP contribution in [0.25, 0.3) is 0 Å². The molecular formula is C11H12O4. The number of carbonyl (C=O) groups is 2. The van der Waals surface area contributed by atoms with Gasteiger partial charge < -0.3 is 9.47 Å². The molecule has 15 heavy (non-hydrogen) atoms. The number of hydrogen-bond acceptors (Lipinski definition) is 4. The maximum atomic E-state index is 11.8. The SMILES string of the molecule is [2H]C([2H])([2H])OC(=O)[C@@H](OC(=O)C([2H])([2H])[2H])c1ccccc1. The quantitative estimate of drug-likeness (QED) is 0.715. The Balaban J connectivity index is 3.02. The summed E-state index contributed by atoms with van der Waals surface area (Å²) in [5, 5.41) is 0. The van der Waals surface area contributed by atoms with Crippen LogP contribution in [0.1, 0.15) is 26.7 Å².